The van der Waals surface area contributed by atoms with Gasteiger partial charge in [-0.15, -0.1) is 23.1 Å². The minimum Gasteiger partial charge on any atom is -0.300 e. The van der Waals surface area contributed by atoms with Crippen LogP contribution in [0.1, 0.15) is 4.88 Å². The summed E-state index contributed by atoms with van der Waals surface area (Å²) in [6, 6.07) is 3.41. The van der Waals surface area contributed by atoms with Gasteiger partial charge in [0.05, 0.1) is 0 Å². The second-order valence-electron chi connectivity index (χ2n) is 3.14. The molecule has 0 amide bonds. The number of hydrogen-bond acceptors (Lipinski definition) is 5. The van der Waals surface area contributed by atoms with Crippen molar-refractivity contribution in [2.24, 2.45) is 5.84 Å². The number of hydrazine groups is 1. The molecule has 1 aromatic heterocycles. The lowest BCUT2D eigenvalue weighted by atomic mass is 10.3. The number of nitrogens with zero attached hydrogens (tertiary/aromatic N) is 1. The average Bonchev–Trinajstić information content (AvgIpc) is 2.78. The number of nitrogen functional groups attached to an aromatic ring is 1. The lowest BCUT2D eigenvalue weighted by Gasteiger charge is -2.01. The van der Waals surface area contributed by atoms with Crippen LogP contribution in [-0.4, -0.2) is 4.98 Å². The largest absolute Gasteiger partial charge is 0.300 e. The Balaban J connectivity index is 2.04. The summed E-state index contributed by atoms with van der Waals surface area (Å²) >= 11 is 2.60. The zero-order valence-electron chi connectivity index (χ0n) is 8.61. The Morgan fingerprint density at radius 3 is 2.94 bits per heavy atom. The fourth-order valence-electron chi connectivity index (χ4n) is 1.18. The summed E-state index contributed by atoms with van der Waals surface area (Å²) in [4.78, 5) is 5.22. The molecule has 3 nitrogen and oxygen atoms in total. The highest BCUT2D eigenvalue weighted by molar-refractivity contribution is 7.98. The topological polar surface area (TPSA) is 50.9 Å². The smallest absolute Gasteiger partial charge is 0.197 e. The SMILES string of the molecule is NNc1ncc(CSc2cc(F)ccc2F)s1. The first-order valence-corrected chi connectivity index (χ1v) is 6.48. The Bertz CT molecular complexity index is 516. The lowest BCUT2D eigenvalue weighted by molar-refractivity contribution is 0.577. The predicted molar refractivity (Wildman–Crippen MR) is 65.8 cm³/mol. The Kier molecular flexibility index (Phi) is 3.93. The van der Waals surface area contributed by atoms with Gasteiger partial charge in [0.15, 0.2) is 5.13 Å². The van der Waals surface area contributed by atoms with Crippen LogP contribution < -0.4 is 11.3 Å². The van der Waals surface area contributed by atoms with Gasteiger partial charge in [0, 0.05) is 21.7 Å². The number of hydrogen-bond donors (Lipinski definition) is 2. The highest BCUT2D eigenvalue weighted by atomic mass is 32.2. The molecule has 0 atom stereocenters. The molecule has 0 bridgehead atoms. The van der Waals surface area contributed by atoms with Gasteiger partial charge in [-0.1, -0.05) is 0 Å². The van der Waals surface area contributed by atoms with Gasteiger partial charge in [-0.25, -0.2) is 19.6 Å². The summed E-state index contributed by atoms with van der Waals surface area (Å²) in [5, 5.41) is 0.598. The third kappa shape index (κ3) is 3.15. The molecule has 2 aromatic rings. The Hall–Kier alpha value is -1.18. The predicted octanol–water partition coefficient (Wildman–Crippen LogP) is 3.00. The Labute approximate surface area is 105 Å². The molecular weight excluding hydrogens is 264 g/mol. The second kappa shape index (κ2) is 5.44. The fourth-order valence-corrected chi connectivity index (χ4v) is 2.88. The quantitative estimate of drug-likeness (QED) is 0.511. The van der Waals surface area contributed by atoms with E-state index in [9.17, 15) is 8.78 Å². The average molecular weight is 273 g/mol. The molecule has 17 heavy (non-hydrogen) atoms. The van der Waals surface area contributed by atoms with Crippen LogP contribution in [0.2, 0.25) is 0 Å². The molecule has 7 heteroatoms. The molecule has 0 fully saturated rings. The monoisotopic (exact) mass is 273 g/mol. The molecule has 0 saturated carbocycles. The first-order chi connectivity index (χ1) is 8.19. The van der Waals surface area contributed by atoms with Crippen molar-refractivity contribution in [3.63, 3.8) is 0 Å². The van der Waals surface area contributed by atoms with Gasteiger partial charge < -0.3 is 0 Å². The van der Waals surface area contributed by atoms with Crippen molar-refractivity contribution >= 4 is 28.2 Å². The molecule has 0 aliphatic heterocycles. The van der Waals surface area contributed by atoms with Gasteiger partial charge >= 0.3 is 0 Å². The van der Waals surface area contributed by atoms with Crippen molar-refractivity contribution in [3.05, 3.63) is 40.9 Å². The van der Waals surface area contributed by atoms with Crippen LogP contribution in [0.15, 0.2) is 29.3 Å². The van der Waals surface area contributed by atoms with E-state index in [1.54, 1.807) is 6.20 Å². The number of nitrogens with one attached hydrogen (secondary N) is 1. The van der Waals surface area contributed by atoms with Crippen LogP contribution in [-0.2, 0) is 5.75 Å². The highest BCUT2D eigenvalue weighted by Crippen LogP contribution is 2.29. The Morgan fingerprint density at radius 1 is 1.41 bits per heavy atom. The van der Waals surface area contributed by atoms with E-state index in [-0.39, 0.29) is 0 Å². The number of thiazole rings is 1. The summed E-state index contributed by atoms with van der Waals surface area (Å²) in [5.74, 6) is 4.86. The summed E-state index contributed by atoms with van der Waals surface area (Å²) < 4.78 is 26.2. The van der Waals surface area contributed by atoms with Crippen LogP contribution in [0.3, 0.4) is 0 Å². The molecule has 0 aliphatic rings. The van der Waals surface area contributed by atoms with Crippen LogP contribution in [0.4, 0.5) is 13.9 Å². The van der Waals surface area contributed by atoms with Gasteiger partial charge in [-0.05, 0) is 18.2 Å². The van der Waals surface area contributed by atoms with E-state index in [2.05, 4.69) is 10.4 Å². The zero-order valence-corrected chi connectivity index (χ0v) is 10.2. The summed E-state index contributed by atoms with van der Waals surface area (Å²) in [7, 11) is 0. The van der Waals surface area contributed by atoms with Crippen LogP contribution >= 0.6 is 23.1 Å². The molecule has 1 aromatic carbocycles. The first kappa shape index (κ1) is 12.3. The van der Waals surface area contributed by atoms with Gasteiger partial charge in [-0.2, -0.15) is 0 Å². The number of benzene rings is 1. The molecular formula is C10H9F2N3S2. The minimum absolute atomic E-state index is 0.292. The number of aromatic nitrogens is 1. The van der Waals surface area contributed by atoms with Gasteiger partial charge in [0.1, 0.15) is 11.6 Å². The van der Waals surface area contributed by atoms with E-state index in [0.717, 1.165) is 17.0 Å². The van der Waals surface area contributed by atoms with Crippen molar-refractivity contribution in [2.75, 3.05) is 5.43 Å². The zero-order chi connectivity index (χ0) is 12.3. The van der Waals surface area contributed by atoms with Crippen LogP contribution in [0.5, 0.6) is 0 Å². The third-order valence-corrected chi connectivity index (χ3v) is 4.13. The van der Waals surface area contributed by atoms with Crippen molar-refractivity contribution in [1.29, 1.82) is 0 Å². The highest BCUT2D eigenvalue weighted by Gasteiger charge is 2.06. The molecule has 0 spiro atoms. The van der Waals surface area contributed by atoms with Gasteiger partial charge in [0.2, 0.25) is 0 Å². The fraction of sp³-hybridized carbons (Fsp3) is 0.100. The normalized spacial score (nSPS) is 10.5. The Morgan fingerprint density at radius 2 is 2.24 bits per heavy atom. The molecule has 0 aliphatic carbocycles. The summed E-state index contributed by atoms with van der Waals surface area (Å²) in [5.41, 5.74) is 2.43. The number of halogens is 2. The molecule has 0 unspecified atom stereocenters. The van der Waals surface area contributed by atoms with E-state index >= 15 is 0 Å². The molecule has 3 N–H and O–H groups in total. The summed E-state index contributed by atoms with van der Waals surface area (Å²) in [6.45, 7) is 0. The first-order valence-electron chi connectivity index (χ1n) is 4.68. The van der Waals surface area contributed by atoms with Crippen molar-refractivity contribution < 1.29 is 8.78 Å². The maximum atomic E-state index is 13.3. The van der Waals surface area contributed by atoms with E-state index in [4.69, 9.17) is 5.84 Å². The van der Waals surface area contributed by atoms with E-state index in [1.807, 2.05) is 0 Å². The van der Waals surface area contributed by atoms with Crippen LogP contribution in [0, 0.1) is 11.6 Å². The molecule has 1 heterocycles. The molecule has 0 radical (unpaired) electrons. The number of thioether (sulfide) groups is 1. The third-order valence-electron chi connectivity index (χ3n) is 1.94. The van der Waals surface area contributed by atoms with Crippen molar-refractivity contribution in [1.82, 2.24) is 4.98 Å². The van der Waals surface area contributed by atoms with E-state index < -0.39 is 11.6 Å². The van der Waals surface area contributed by atoms with Crippen molar-refractivity contribution in [3.8, 4) is 0 Å². The maximum absolute atomic E-state index is 13.3. The van der Waals surface area contributed by atoms with Gasteiger partial charge in [-0.3, -0.25) is 5.43 Å². The molecule has 2 rings (SSSR count). The lowest BCUT2D eigenvalue weighted by Crippen LogP contribution is -2.05. The van der Waals surface area contributed by atoms with E-state index in [0.29, 0.717) is 15.8 Å². The minimum atomic E-state index is -0.442. The molecule has 0 saturated heterocycles. The van der Waals surface area contributed by atoms with Crippen LogP contribution in [0.25, 0.3) is 0 Å². The number of anilines is 1. The molecule has 90 valence electrons. The number of nitrogens with two attached hydrogens (primary N) is 1. The van der Waals surface area contributed by atoms with Gasteiger partial charge in [0.25, 0.3) is 0 Å². The van der Waals surface area contributed by atoms with E-state index in [1.165, 1.54) is 29.2 Å². The summed E-state index contributed by atoms with van der Waals surface area (Å²) in [6.07, 6.45) is 1.66. The van der Waals surface area contributed by atoms with Crippen molar-refractivity contribution in [2.45, 2.75) is 10.6 Å². The maximum Gasteiger partial charge on any atom is 0.197 e. The second-order valence-corrected chi connectivity index (χ2v) is 5.27. The standard InChI is InChI=1S/C10H9F2N3S2/c11-6-1-2-8(12)9(3-6)16-5-7-4-14-10(15-13)17-7/h1-4H,5,13H2,(H,14,15). The number of rotatable bonds is 4.